The highest BCUT2D eigenvalue weighted by molar-refractivity contribution is 9.09. The molecule has 0 saturated carbocycles. The third kappa shape index (κ3) is 32.3. The first-order valence-corrected chi connectivity index (χ1v) is 25.0. The van der Waals surface area contributed by atoms with Gasteiger partial charge >= 0.3 is 24.2 Å². The van der Waals surface area contributed by atoms with E-state index >= 15 is 0 Å². The fourth-order valence-electron chi connectivity index (χ4n) is 3.85. The smallest absolute Gasteiger partial charge is 0.446 e. The molecule has 73 heavy (non-hydrogen) atoms. The van der Waals surface area contributed by atoms with Crippen LogP contribution in [0.5, 0.6) is 0 Å². The average molecular weight is 1190 g/mol. The van der Waals surface area contributed by atoms with Gasteiger partial charge in [0.2, 0.25) is 12.1 Å². The number of thiocarbonyl (C=S) groups is 1. The van der Waals surface area contributed by atoms with Crippen molar-refractivity contribution >= 4 is 132 Å². The van der Waals surface area contributed by atoms with Crippen molar-refractivity contribution in [1.29, 1.82) is 0 Å². The number of nitrogens with one attached hydrogen (secondary N) is 1. The molecule has 0 atom stereocenters. The number of aromatic carboxylic acids is 1. The second-order valence-corrected chi connectivity index (χ2v) is 17.7. The lowest BCUT2D eigenvalue weighted by atomic mass is 10.2. The Labute approximate surface area is 452 Å². The number of pyridine rings is 4. The number of Topliss-reactive ketones (excluding diaryl/α,β-unsaturated/α-hetero) is 1. The van der Waals surface area contributed by atoms with E-state index in [1.54, 1.807) is 86.1 Å². The first-order chi connectivity index (χ1) is 34.4. The minimum Gasteiger partial charge on any atom is -0.476 e. The van der Waals surface area contributed by atoms with Crippen molar-refractivity contribution in [3.63, 3.8) is 0 Å². The van der Waals surface area contributed by atoms with Gasteiger partial charge in [-0.05, 0) is 76.2 Å². The standard InChI is InChI=1S/C13H15N3O2S.C9H6N2O2S.C8H7N3S.C6H6N2S.C3H3BrO3.C2HF3O.C2H6O.CH2Cl2/c1-13(2,3)18-12(17)16-10-8-19-11(15-10)9-4-6-14-7-5-9;12-9(13)7-5-14-8(11-7)6-1-3-10-4-2-6;9-7-5-12-8(11-7)6-1-3-10-4-2-6;7-6(9)5-1-3-8-4-2-5;4-1-2(5)3(6)7;3-2(4,5)1-6;1-2-3;2-1-3/h4-8H,1-3H3,(H,16,17);1-5H,(H,12,13);1-5H,9H2;1-4H,(H2,7,9);1H2,(H,6,7);1H;3H,2H2,1H3;1H2. The number of alkyl halides is 6. The summed E-state index contributed by atoms with van der Waals surface area (Å²) in [6.45, 7) is 7.38. The zero-order chi connectivity index (χ0) is 55.4. The highest BCUT2D eigenvalue weighted by atomic mass is 79.9. The Hall–Kier alpha value is -6.46. The molecule has 7 aromatic heterocycles. The molecular formula is C44H46BrCl2F3N10O9S4. The number of hydrogen-bond acceptors (Lipinski definition) is 19. The highest BCUT2D eigenvalue weighted by Gasteiger charge is 2.25. The maximum Gasteiger partial charge on any atom is 0.446 e. The summed E-state index contributed by atoms with van der Waals surface area (Å²) in [5.41, 5.74) is 14.2. The number of nitrogens with two attached hydrogens (primary N) is 2. The van der Waals surface area contributed by atoms with Crippen LogP contribution in [0.25, 0.3) is 31.7 Å². The number of ketones is 1. The molecule has 7 rings (SSSR count). The summed E-state index contributed by atoms with van der Waals surface area (Å²) in [6.07, 6.45) is 7.32. The van der Waals surface area contributed by atoms with Crippen LogP contribution in [0, 0.1) is 0 Å². The van der Waals surface area contributed by atoms with E-state index in [0.29, 0.717) is 21.6 Å². The summed E-state index contributed by atoms with van der Waals surface area (Å²) in [4.78, 5) is 78.7. The van der Waals surface area contributed by atoms with E-state index in [1.165, 1.54) is 39.4 Å². The van der Waals surface area contributed by atoms with Crippen molar-refractivity contribution in [3.05, 3.63) is 126 Å². The van der Waals surface area contributed by atoms with Gasteiger partial charge < -0.3 is 31.5 Å². The lowest BCUT2D eigenvalue weighted by molar-refractivity contribution is -0.156. The lowest BCUT2D eigenvalue weighted by Crippen LogP contribution is -2.27. The maximum atomic E-state index is 11.6. The number of carbonyl (C=O) groups is 5. The van der Waals surface area contributed by atoms with E-state index < -0.39 is 41.9 Å². The fraction of sp³-hybridized carbons (Fsp3) is 0.205. The van der Waals surface area contributed by atoms with Crippen LogP contribution in [0.2, 0.25) is 0 Å². The fourth-order valence-corrected chi connectivity index (χ4v) is 6.50. The number of nitrogens with zero attached hydrogens (tertiary/aromatic N) is 7. The number of ether oxygens (including phenoxy) is 1. The van der Waals surface area contributed by atoms with Gasteiger partial charge in [-0.15, -0.1) is 57.2 Å². The molecule has 0 unspecified atom stereocenters. The molecule has 19 nitrogen and oxygen atoms in total. The molecule has 8 N–H and O–H groups in total. The Morgan fingerprint density at radius 3 is 1.41 bits per heavy atom. The number of aliphatic hydroxyl groups is 1. The third-order valence-corrected chi connectivity index (χ3v) is 10.1. The molecule has 0 radical (unpaired) electrons. The van der Waals surface area contributed by atoms with E-state index in [0.717, 1.165) is 32.3 Å². The predicted octanol–water partition coefficient (Wildman–Crippen LogP) is 10.2. The predicted molar refractivity (Wildman–Crippen MR) is 285 cm³/mol. The largest absolute Gasteiger partial charge is 0.476 e. The van der Waals surface area contributed by atoms with Crippen molar-refractivity contribution in [2.45, 2.75) is 39.5 Å². The molecule has 0 aliphatic rings. The number of hydrogen-bond donors (Lipinski definition) is 6. The van der Waals surface area contributed by atoms with Crippen LogP contribution in [-0.2, 0) is 19.1 Å². The van der Waals surface area contributed by atoms with Crippen LogP contribution < -0.4 is 16.8 Å². The Bertz CT molecular complexity index is 2680. The molecule has 0 fully saturated rings. The Kier molecular flexibility index (Phi) is 34.0. The first kappa shape index (κ1) is 66.5. The zero-order valence-corrected chi connectivity index (χ0v) is 45.0. The van der Waals surface area contributed by atoms with E-state index in [9.17, 15) is 32.3 Å². The number of carboxylic acid groups (broad SMARTS) is 2. The highest BCUT2D eigenvalue weighted by Crippen LogP contribution is 2.26. The number of nitrogen functional groups attached to an aromatic ring is 1. The number of rotatable bonds is 8. The number of aliphatic hydroxyl groups excluding tert-OH is 1. The zero-order valence-electron chi connectivity index (χ0n) is 38.6. The van der Waals surface area contributed by atoms with E-state index in [4.69, 9.17) is 71.7 Å². The number of halogens is 6. The van der Waals surface area contributed by atoms with Crippen molar-refractivity contribution in [2.24, 2.45) is 5.73 Å². The van der Waals surface area contributed by atoms with Gasteiger partial charge in [-0.3, -0.25) is 34.8 Å². The number of carbonyl (C=O) groups excluding carboxylic acids is 3. The van der Waals surface area contributed by atoms with Crippen LogP contribution >= 0.6 is 85.4 Å². The number of thiazole rings is 3. The Balaban J connectivity index is 0.000000865. The van der Waals surface area contributed by atoms with Gasteiger partial charge in [-0.2, -0.15) is 13.2 Å². The SMILES string of the molecule is CC(C)(C)OC(=O)Nc1csc(-c2ccncc2)n1.CCO.ClCCl.NC(=S)c1ccncc1.Nc1csc(-c2ccncc2)n1.O=C(O)C(=O)CBr.O=C(O)c1csc(-c2ccncc2)n1.O=CC(F)(F)F. The van der Waals surface area contributed by atoms with Gasteiger partial charge in [0.05, 0.1) is 10.7 Å². The topological polar surface area (TPSA) is 310 Å². The van der Waals surface area contributed by atoms with Gasteiger partial charge in [0.1, 0.15) is 37.2 Å². The van der Waals surface area contributed by atoms with Gasteiger partial charge in [0.15, 0.2) is 5.69 Å². The Morgan fingerprint density at radius 2 is 1.12 bits per heavy atom. The Morgan fingerprint density at radius 1 is 0.753 bits per heavy atom. The first-order valence-electron chi connectivity index (χ1n) is 19.8. The molecule has 0 aromatic carbocycles. The summed E-state index contributed by atoms with van der Waals surface area (Å²) in [6, 6.07) is 14.7. The number of amides is 1. The molecule has 392 valence electrons. The maximum absolute atomic E-state index is 11.6. The number of aliphatic carboxylic acids is 1. The molecule has 29 heteroatoms. The van der Waals surface area contributed by atoms with Crippen molar-refractivity contribution < 1.29 is 57.2 Å². The quantitative estimate of drug-likeness (QED) is 0.0357. The summed E-state index contributed by atoms with van der Waals surface area (Å²) in [7, 11) is 0. The molecular weight excluding hydrogens is 1150 g/mol. The molecule has 0 bridgehead atoms. The van der Waals surface area contributed by atoms with Gasteiger partial charge in [0.25, 0.3) is 0 Å². The molecule has 0 spiro atoms. The minimum absolute atomic E-state index is 0.0850. The molecule has 1 amide bonds. The summed E-state index contributed by atoms with van der Waals surface area (Å²) in [5, 5.41) is 34.3. The summed E-state index contributed by atoms with van der Waals surface area (Å²) in [5.74, 6) is -2.14. The lowest BCUT2D eigenvalue weighted by Gasteiger charge is -2.19. The van der Waals surface area contributed by atoms with E-state index in [-0.39, 0.29) is 23.0 Å². The normalized spacial score (nSPS) is 9.74. The van der Waals surface area contributed by atoms with Gasteiger partial charge in [0, 0.05) is 94.6 Å². The van der Waals surface area contributed by atoms with Crippen LogP contribution in [-0.4, -0.2) is 114 Å². The third-order valence-electron chi connectivity index (χ3n) is 6.62. The average Bonchev–Trinajstić information content (AvgIpc) is 4.16. The second-order valence-electron chi connectivity index (χ2n) is 13.3. The van der Waals surface area contributed by atoms with Crippen LogP contribution in [0.15, 0.2) is 114 Å². The van der Waals surface area contributed by atoms with E-state index in [2.05, 4.69) is 56.1 Å². The minimum atomic E-state index is -4.64. The van der Waals surface area contributed by atoms with Crippen LogP contribution in [0.3, 0.4) is 0 Å². The monoisotopic (exact) mass is 1190 g/mol. The van der Waals surface area contributed by atoms with Gasteiger partial charge in [-0.1, -0.05) is 28.1 Å². The van der Waals surface area contributed by atoms with Crippen molar-refractivity contribution in [2.75, 3.05) is 28.3 Å². The molecule has 7 heterocycles. The van der Waals surface area contributed by atoms with E-state index in [1.807, 2.05) is 50.4 Å². The summed E-state index contributed by atoms with van der Waals surface area (Å²) >= 11 is 21.2. The number of aldehydes is 1. The molecule has 7 aromatic rings. The number of carboxylic acids is 2. The molecule has 0 saturated heterocycles. The van der Waals surface area contributed by atoms with Crippen LogP contribution in [0.1, 0.15) is 43.7 Å². The van der Waals surface area contributed by atoms with Crippen molar-refractivity contribution in [3.8, 4) is 31.7 Å². The second kappa shape index (κ2) is 37.3. The number of aromatic nitrogens is 7. The van der Waals surface area contributed by atoms with Crippen molar-refractivity contribution in [1.82, 2.24) is 34.9 Å². The summed E-state index contributed by atoms with van der Waals surface area (Å²) < 4.78 is 36.4. The molecule has 0 aliphatic carbocycles. The van der Waals surface area contributed by atoms with Gasteiger partial charge in [-0.25, -0.2) is 29.3 Å². The number of anilines is 2. The van der Waals surface area contributed by atoms with Crippen LogP contribution in [0.4, 0.5) is 29.6 Å². The molecule has 0 aliphatic heterocycles.